The van der Waals surface area contributed by atoms with E-state index in [1.165, 1.54) is 11.1 Å². The summed E-state index contributed by atoms with van der Waals surface area (Å²) in [5, 5.41) is 11.8. The molecule has 5 nitrogen and oxygen atoms in total. The van der Waals surface area contributed by atoms with E-state index in [-0.39, 0.29) is 0 Å². The van der Waals surface area contributed by atoms with E-state index in [0.29, 0.717) is 11.1 Å². The highest BCUT2D eigenvalue weighted by Gasteiger charge is 2.03. The van der Waals surface area contributed by atoms with Crippen LogP contribution in [0.5, 0.6) is 0 Å². The van der Waals surface area contributed by atoms with Gasteiger partial charge in [-0.05, 0) is 18.1 Å². The first-order valence-electron chi connectivity index (χ1n) is 7.24. The Balaban J connectivity index is 1.51. The summed E-state index contributed by atoms with van der Waals surface area (Å²) in [6, 6.07) is 18.3. The zero-order valence-corrected chi connectivity index (χ0v) is 13.5. The van der Waals surface area contributed by atoms with Gasteiger partial charge < -0.3 is 0 Å². The molecule has 2 N–H and O–H groups in total. The number of hydrazone groups is 1. The number of anilines is 1. The average molecular weight is 323 g/mol. The van der Waals surface area contributed by atoms with Crippen LogP contribution in [0.2, 0.25) is 0 Å². The number of H-pyrrole nitrogens is 1. The van der Waals surface area contributed by atoms with E-state index in [9.17, 15) is 0 Å². The highest BCUT2D eigenvalue weighted by Crippen LogP contribution is 2.20. The molecule has 0 aliphatic heterocycles. The minimum absolute atomic E-state index is 0.531. The highest BCUT2D eigenvalue weighted by atomic mass is 32.2. The number of thioether (sulfide) groups is 1. The lowest BCUT2D eigenvalue weighted by Crippen LogP contribution is -1.92. The minimum atomic E-state index is 0.531. The number of aryl methyl sites for hydroxylation is 1. The number of nitrogens with zero attached hydrogens (tertiary/aromatic N) is 3. The summed E-state index contributed by atoms with van der Waals surface area (Å²) in [6.07, 6.45) is 1.74. The second-order valence-corrected chi connectivity index (χ2v) is 5.96. The predicted molar refractivity (Wildman–Crippen MR) is 94.8 cm³/mol. The van der Waals surface area contributed by atoms with Crippen molar-refractivity contribution >= 4 is 23.9 Å². The molecular weight excluding hydrogens is 306 g/mol. The average Bonchev–Trinajstić information content (AvgIpc) is 3.03. The number of benzene rings is 2. The summed E-state index contributed by atoms with van der Waals surface area (Å²) in [5.74, 6) is 1.37. The number of hydrogen-bond acceptors (Lipinski definition) is 5. The molecule has 0 saturated carbocycles. The fourth-order valence-corrected chi connectivity index (χ4v) is 2.65. The second-order valence-electron chi connectivity index (χ2n) is 5.02. The van der Waals surface area contributed by atoms with Crippen molar-refractivity contribution in [1.82, 2.24) is 15.2 Å². The van der Waals surface area contributed by atoms with Gasteiger partial charge in [-0.25, -0.2) is 10.5 Å². The molecule has 0 saturated heterocycles. The lowest BCUT2D eigenvalue weighted by Gasteiger charge is -1.98. The zero-order valence-electron chi connectivity index (χ0n) is 12.7. The van der Waals surface area contributed by atoms with Crippen LogP contribution in [-0.4, -0.2) is 21.4 Å². The molecule has 6 heteroatoms. The molecule has 3 rings (SSSR count). The van der Waals surface area contributed by atoms with Gasteiger partial charge in [0.15, 0.2) is 0 Å². The molecule has 3 aromatic rings. The van der Waals surface area contributed by atoms with Crippen LogP contribution in [0.3, 0.4) is 0 Å². The molecule has 0 aliphatic rings. The summed E-state index contributed by atoms with van der Waals surface area (Å²) in [6.45, 7) is 2.08. The van der Waals surface area contributed by atoms with Gasteiger partial charge in [0.2, 0.25) is 11.1 Å². The summed E-state index contributed by atoms with van der Waals surface area (Å²) in [5.41, 5.74) is 6.38. The molecule has 23 heavy (non-hydrogen) atoms. The first-order valence-corrected chi connectivity index (χ1v) is 8.23. The maximum Gasteiger partial charge on any atom is 0.240 e. The standard InChI is InChI=1S/C17H17N5S/c1-13-7-9-15(10-8-13)12-23-17-19-16(21-22-17)20-18-11-14-5-3-2-4-6-14/h2-11H,12H2,1H3,(H2,19,20,21,22)/b18-11-. The van der Waals surface area contributed by atoms with Crippen molar-refractivity contribution in [2.75, 3.05) is 5.43 Å². The van der Waals surface area contributed by atoms with Crippen LogP contribution in [0.25, 0.3) is 0 Å². The fourth-order valence-electron chi connectivity index (χ4n) is 1.90. The van der Waals surface area contributed by atoms with Gasteiger partial charge in [-0.15, -0.1) is 5.10 Å². The van der Waals surface area contributed by atoms with E-state index in [4.69, 9.17) is 0 Å². The molecule has 0 amide bonds. The van der Waals surface area contributed by atoms with Crippen molar-refractivity contribution in [2.45, 2.75) is 17.8 Å². The Hall–Kier alpha value is -2.60. The fraction of sp³-hybridized carbons (Fsp3) is 0.118. The summed E-state index contributed by atoms with van der Waals surface area (Å²) < 4.78 is 0. The van der Waals surface area contributed by atoms with Crippen molar-refractivity contribution in [2.24, 2.45) is 5.10 Å². The third-order valence-corrected chi connectivity index (χ3v) is 4.06. The van der Waals surface area contributed by atoms with Crippen molar-refractivity contribution in [3.05, 3.63) is 71.3 Å². The predicted octanol–water partition coefficient (Wildman–Crippen LogP) is 3.85. The Kier molecular flexibility index (Phi) is 5.06. The molecule has 1 aromatic heterocycles. The molecule has 0 aliphatic carbocycles. The van der Waals surface area contributed by atoms with Crippen molar-refractivity contribution in [3.8, 4) is 0 Å². The van der Waals surface area contributed by atoms with E-state index in [2.05, 4.69) is 56.9 Å². The Labute approximate surface area is 139 Å². The van der Waals surface area contributed by atoms with Gasteiger partial charge >= 0.3 is 0 Å². The molecule has 0 spiro atoms. The van der Waals surface area contributed by atoms with Crippen molar-refractivity contribution in [3.63, 3.8) is 0 Å². The van der Waals surface area contributed by atoms with Gasteiger partial charge in [0, 0.05) is 5.75 Å². The monoisotopic (exact) mass is 323 g/mol. The number of nitrogens with one attached hydrogen (secondary N) is 2. The molecular formula is C17H17N5S. The first kappa shape index (κ1) is 15.3. The van der Waals surface area contributed by atoms with Gasteiger partial charge in [0.05, 0.1) is 6.21 Å². The van der Waals surface area contributed by atoms with Crippen molar-refractivity contribution < 1.29 is 0 Å². The maximum absolute atomic E-state index is 4.35. The first-order chi connectivity index (χ1) is 11.3. The smallest absolute Gasteiger partial charge is 0.240 e. The number of aromatic nitrogens is 3. The topological polar surface area (TPSA) is 66.0 Å². The van der Waals surface area contributed by atoms with Gasteiger partial charge in [-0.3, -0.25) is 0 Å². The maximum atomic E-state index is 4.35. The Bertz CT molecular complexity index is 765. The molecule has 0 radical (unpaired) electrons. The zero-order chi connectivity index (χ0) is 15.9. The van der Waals surface area contributed by atoms with Crippen LogP contribution in [0, 0.1) is 6.92 Å². The quantitative estimate of drug-likeness (QED) is 0.411. The second kappa shape index (κ2) is 7.60. The van der Waals surface area contributed by atoms with Crippen LogP contribution in [0.1, 0.15) is 16.7 Å². The summed E-state index contributed by atoms with van der Waals surface area (Å²) >= 11 is 1.58. The Morgan fingerprint density at radius 3 is 2.70 bits per heavy atom. The van der Waals surface area contributed by atoms with Crippen LogP contribution >= 0.6 is 11.8 Å². The lowest BCUT2D eigenvalue weighted by molar-refractivity contribution is 0.972. The van der Waals surface area contributed by atoms with E-state index in [0.717, 1.165) is 11.3 Å². The van der Waals surface area contributed by atoms with Gasteiger partial charge in [-0.1, -0.05) is 71.9 Å². The number of hydrogen-bond donors (Lipinski definition) is 2. The van der Waals surface area contributed by atoms with Crippen LogP contribution in [0.15, 0.2) is 64.9 Å². The molecule has 0 bridgehead atoms. The van der Waals surface area contributed by atoms with E-state index in [1.54, 1.807) is 18.0 Å². The molecule has 0 unspecified atom stereocenters. The molecule has 0 fully saturated rings. The minimum Gasteiger partial charge on any atom is -0.246 e. The SMILES string of the molecule is Cc1ccc(CSc2n[nH]c(N/N=C\c3ccccc3)n2)cc1. The normalized spacial score (nSPS) is 11.0. The lowest BCUT2D eigenvalue weighted by atomic mass is 10.2. The number of aromatic amines is 1. The van der Waals surface area contributed by atoms with Crippen molar-refractivity contribution in [1.29, 1.82) is 0 Å². The van der Waals surface area contributed by atoms with Crippen LogP contribution < -0.4 is 5.43 Å². The highest BCUT2D eigenvalue weighted by molar-refractivity contribution is 7.98. The third-order valence-electron chi connectivity index (χ3n) is 3.14. The molecule has 2 aromatic carbocycles. The van der Waals surface area contributed by atoms with Gasteiger partial charge in [0.1, 0.15) is 0 Å². The Morgan fingerprint density at radius 1 is 1.13 bits per heavy atom. The third kappa shape index (κ3) is 4.69. The van der Waals surface area contributed by atoms with Crippen LogP contribution in [-0.2, 0) is 5.75 Å². The van der Waals surface area contributed by atoms with E-state index >= 15 is 0 Å². The number of rotatable bonds is 6. The summed E-state index contributed by atoms with van der Waals surface area (Å²) in [7, 11) is 0. The largest absolute Gasteiger partial charge is 0.246 e. The van der Waals surface area contributed by atoms with Gasteiger partial charge in [0.25, 0.3) is 0 Å². The van der Waals surface area contributed by atoms with E-state index in [1.807, 2.05) is 30.3 Å². The van der Waals surface area contributed by atoms with Gasteiger partial charge in [-0.2, -0.15) is 10.1 Å². The molecule has 116 valence electrons. The molecule has 0 atom stereocenters. The molecule has 1 heterocycles. The summed E-state index contributed by atoms with van der Waals surface area (Å²) in [4.78, 5) is 4.35. The Morgan fingerprint density at radius 2 is 1.91 bits per heavy atom. The van der Waals surface area contributed by atoms with E-state index < -0.39 is 0 Å². The van der Waals surface area contributed by atoms with Crippen LogP contribution in [0.4, 0.5) is 5.95 Å².